The van der Waals surface area contributed by atoms with Crippen molar-refractivity contribution in [3.05, 3.63) is 47.1 Å². The topological polar surface area (TPSA) is 99.7 Å². The number of likely N-dealkylation sites (tertiary alicyclic amines) is 1. The second kappa shape index (κ2) is 10.0. The lowest BCUT2D eigenvalue weighted by molar-refractivity contribution is -0.134. The average Bonchev–Trinajstić information content (AvgIpc) is 3.48. The quantitative estimate of drug-likeness (QED) is 0.606. The Morgan fingerprint density at radius 3 is 2.56 bits per heavy atom. The first kappa shape index (κ1) is 25.0. The molecule has 1 aromatic carbocycles. The minimum Gasteiger partial charge on any atom is -0.355 e. The Hall–Kier alpha value is -2.65. The Morgan fingerprint density at radius 1 is 1.14 bits per heavy atom. The molecule has 1 aromatic heterocycles. The summed E-state index contributed by atoms with van der Waals surface area (Å²) in [7, 11) is -3.51. The van der Waals surface area contributed by atoms with Crippen LogP contribution in [-0.2, 0) is 14.6 Å². The summed E-state index contributed by atoms with van der Waals surface area (Å²) in [6.07, 6.45) is 8.27. The molecular formula is C26H31ClN4O4S. The lowest BCUT2D eigenvalue weighted by atomic mass is 9.92. The highest BCUT2D eigenvalue weighted by atomic mass is 35.5. The zero-order valence-electron chi connectivity index (χ0n) is 20.3. The molecule has 5 rings (SSSR count). The van der Waals surface area contributed by atoms with E-state index in [1.54, 1.807) is 24.3 Å². The third-order valence-electron chi connectivity index (χ3n) is 7.71. The number of aromatic nitrogens is 1. The number of piperidine rings is 2. The average molecular weight is 531 g/mol. The van der Waals surface area contributed by atoms with Gasteiger partial charge in [0.1, 0.15) is 0 Å². The van der Waals surface area contributed by atoms with Crippen LogP contribution in [-0.4, -0.2) is 62.0 Å². The van der Waals surface area contributed by atoms with Crippen molar-refractivity contribution < 1.29 is 18.0 Å². The number of benzene rings is 1. The van der Waals surface area contributed by atoms with Gasteiger partial charge < -0.3 is 15.1 Å². The van der Waals surface area contributed by atoms with Gasteiger partial charge in [-0.3, -0.25) is 9.59 Å². The number of sulfone groups is 1. The second-order valence-electron chi connectivity index (χ2n) is 10.3. The molecule has 1 aliphatic carbocycles. The van der Waals surface area contributed by atoms with E-state index in [0.717, 1.165) is 32.1 Å². The predicted octanol–water partition coefficient (Wildman–Crippen LogP) is 4.01. The van der Waals surface area contributed by atoms with Crippen LogP contribution in [0.25, 0.3) is 0 Å². The molecule has 2 atom stereocenters. The van der Waals surface area contributed by atoms with Crippen LogP contribution in [0.15, 0.2) is 41.4 Å². The highest BCUT2D eigenvalue weighted by molar-refractivity contribution is 7.90. The molecule has 0 spiro atoms. The fraction of sp³-hybridized carbons (Fsp3) is 0.500. The highest BCUT2D eigenvalue weighted by Gasteiger charge is 2.40. The van der Waals surface area contributed by atoms with E-state index in [-0.39, 0.29) is 10.8 Å². The molecule has 2 amide bonds. The van der Waals surface area contributed by atoms with Gasteiger partial charge in [0.25, 0.3) is 5.91 Å². The van der Waals surface area contributed by atoms with E-state index in [2.05, 4.69) is 20.1 Å². The summed E-state index contributed by atoms with van der Waals surface area (Å²) in [5, 5.41) is 3.27. The minimum absolute atomic E-state index is 0.0352. The molecule has 1 saturated carbocycles. The molecule has 2 bridgehead atoms. The second-order valence-corrected chi connectivity index (χ2v) is 12.7. The van der Waals surface area contributed by atoms with E-state index in [1.165, 1.54) is 25.1 Å². The Labute approximate surface area is 216 Å². The first-order valence-electron chi connectivity index (χ1n) is 12.5. The molecule has 1 N–H and O–H groups in total. The van der Waals surface area contributed by atoms with E-state index in [4.69, 9.17) is 11.6 Å². The van der Waals surface area contributed by atoms with Gasteiger partial charge in [-0.15, -0.1) is 0 Å². The van der Waals surface area contributed by atoms with Crippen LogP contribution in [0.2, 0.25) is 5.02 Å². The van der Waals surface area contributed by atoms with Crippen LogP contribution in [0, 0.1) is 11.8 Å². The molecule has 3 heterocycles. The number of rotatable bonds is 6. The van der Waals surface area contributed by atoms with Crippen LogP contribution in [0.1, 0.15) is 48.9 Å². The van der Waals surface area contributed by atoms with Gasteiger partial charge in [-0.25, -0.2) is 13.4 Å². The van der Waals surface area contributed by atoms with Gasteiger partial charge in [-0.2, -0.15) is 0 Å². The number of nitrogens with zero attached hydrogens (tertiary/aromatic N) is 3. The van der Waals surface area contributed by atoms with Gasteiger partial charge in [0.05, 0.1) is 10.6 Å². The molecule has 0 unspecified atom stereocenters. The van der Waals surface area contributed by atoms with Gasteiger partial charge in [0.15, 0.2) is 15.7 Å². The maximum absolute atomic E-state index is 12.9. The summed E-state index contributed by atoms with van der Waals surface area (Å²) in [5.41, 5.74) is 0.705. The van der Waals surface area contributed by atoms with Crippen molar-refractivity contribution in [1.82, 2.24) is 9.88 Å². The molecule has 2 saturated heterocycles. The van der Waals surface area contributed by atoms with E-state index >= 15 is 0 Å². The van der Waals surface area contributed by atoms with Crippen molar-refractivity contribution in [3.63, 3.8) is 0 Å². The molecular weight excluding hydrogens is 500 g/mol. The maximum Gasteiger partial charge on any atom is 0.255 e. The number of anilines is 2. The Balaban J connectivity index is 1.28. The van der Waals surface area contributed by atoms with Crippen LogP contribution in [0.5, 0.6) is 0 Å². The Morgan fingerprint density at radius 2 is 1.92 bits per heavy atom. The van der Waals surface area contributed by atoms with Crippen LogP contribution in [0.4, 0.5) is 11.5 Å². The van der Waals surface area contributed by atoms with E-state index in [9.17, 15) is 18.0 Å². The van der Waals surface area contributed by atoms with Crippen molar-refractivity contribution in [2.45, 2.75) is 49.5 Å². The fourth-order valence-electron chi connectivity index (χ4n) is 5.75. The molecule has 8 nitrogen and oxygen atoms in total. The van der Waals surface area contributed by atoms with E-state index in [1.807, 2.05) is 0 Å². The van der Waals surface area contributed by atoms with Gasteiger partial charge in [-0.05, 0) is 68.2 Å². The number of fused-ring (bicyclic) bond motifs is 2. The summed E-state index contributed by atoms with van der Waals surface area (Å²) < 4.78 is 24.3. The van der Waals surface area contributed by atoms with E-state index in [0.29, 0.717) is 59.5 Å². The standard InChI is InChI=1S/C26H31ClN4O4S/c1-36(34,35)22-14-23(29-26(33)19-3-2-4-20(27)13-19)25(28-15-22)30-9-7-17(8-10-30)12-24(32)31-16-18-5-6-21(31)11-18/h2-4,13-15,17-18,21H,5-12,16H2,1H3,(H,29,33)/t18-,21+/m0/s1. The monoisotopic (exact) mass is 530 g/mol. The van der Waals surface area contributed by atoms with Gasteiger partial charge in [-0.1, -0.05) is 17.7 Å². The van der Waals surface area contributed by atoms with Crippen molar-refractivity contribution in [1.29, 1.82) is 0 Å². The smallest absolute Gasteiger partial charge is 0.255 e. The number of carbonyl (C=O) groups is 2. The SMILES string of the molecule is CS(=O)(=O)c1cnc(N2CCC(CC(=O)N3C[C@H]4CC[C@@H]3C4)CC2)c(NC(=O)c2cccc(Cl)c2)c1. The molecule has 36 heavy (non-hydrogen) atoms. The maximum atomic E-state index is 12.9. The molecule has 192 valence electrons. The number of hydrogen-bond donors (Lipinski definition) is 1. The zero-order chi connectivity index (χ0) is 25.4. The van der Waals surface area contributed by atoms with Crippen molar-refractivity contribution >= 4 is 44.8 Å². The molecule has 10 heteroatoms. The summed E-state index contributed by atoms with van der Waals surface area (Å²) in [4.78, 5) is 34.4. The zero-order valence-corrected chi connectivity index (χ0v) is 21.9. The summed E-state index contributed by atoms with van der Waals surface area (Å²) in [6, 6.07) is 8.47. The van der Waals surface area contributed by atoms with Gasteiger partial charge in [0.2, 0.25) is 5.91 Å². The number of carbonyl (C=O) groups excluding carboxylic acids is 2. The van der Waals surface area contributed by atoms with Crippen molar-refractivity contribution in [2.24, 2.45) is 11.8 Å². The number of hydrogen-bond acceptors (Lipinski definition) is 6. The molecule has 2 aliphatic heterocycles. The van der Waals surface area contributed by atoms with Crippen LogP contribution >= 0.6 is 11.6 Å². The number of nitrogens with one attached hydrogen (secondary N) is 1. The predicted molar refractivity (Wildman–Crippen MR) is 139 cm³/mol. The summed E-state index contributed by atoms with van der Waals surface area (Å²) in [5.74, 6) is 1.42. The summed E-state index contributed by atoms with van der Waals surface area (Å²) >= 11 is 6.03. The molecule has 0 radical (unpaired) electrons. The highest BCUT2D eigenvalue weighted by Crippen LogP contribution is 2.38. The number of amides is 2. The lowest BCUT2D eigenvalue weighted by Crippen LogP contribution is -2.40. The third kappa shape index (κ3) is 5.37. The first-order chi connectivity index (χ1) is 17.2. The van der Waals surface area contributed by atoms with Crippen LogP contribution < -0.4 is 10.2 Å². The number of pyridine rings is 1. The first-order valence-corrected chi connectivity index (χ1v) is 14.8. The summed E-state index contributed by atoms with van der Waals surface area (Å²) in [6.45, 7) is 2.28. The molecule has 3 fully saturated rings. The van der Waals surface area contributed by atoms with Crippen molar-refractivity contribution in [3.8, 4) is 0 Å². The Bertz CT molecular complexity index is 1280. The van der Waals surface area contributed by atoms with Crippen LogP contribution in [0.3, 0.4) is 0 Å². The fourth-order valence-corrected chi connectivity index (χ4v) is 6.52. The van der Waals surface area contributed by atoms with Crippen molar-refractivity contribution in [2.75, 3.05) is 36.1 Å². The van der Waals surface area contributed by atoms with Gasteiger partial charge in [0, 0.05) is 55.1 Å². The van der Waals surface area contributed by atoms with Gasteiger partial charge >= 0.3 is 0 Å². The third-order valence-corrected chi connectivity index (χ3v) is 9.03. The number of halogens is 1. The lowest BCUT2D eigenvalue weighted by Gasteiger charge is -2.35. The Kier molecular flexibility index (Phi) is 6.96. The molecule has 2 aromatic rings. The molecule has 3 aliphatic rings. The minimum atomic E-state index is -3.51. The normalized spacial score (nSPS) is 22.2. The van der Waals surface area contributed by atoms with E-state index < -0.39 is 15.7 Å². The largest absolute Gasteiger partial charge is 0.355 e.